The minimum absolute atomic E-state index is 0.0578. The van der Waals surface area contributed by atoms with Gasteiger partial charge in [0, 0.05) is 13.0 Å². The van der Waals surface area contributed by atoms with E-state index < -0.39 is 5.97 Å². The molecule has 1 aromatic rings. The average Bonchev–Trinajstić information content (AvgIpc) is 2.97. The molecule has 1 heterocycles. The molecule has 0 aliphatic carbocycles. The summed E-state index contributed by atoms with van der Waals surface area (Å²) in [6.07, 6.45) is 10.2. The zero-order valence-corrected chi connectivity index (χ0v) is 18.9. The lowest BCUT2D eigenvalue weighted by Gasteiger charge is -2.14. The second-order valence-electron chi connectivity index (χ2n) is 7.24. The molecule has 0 unspecified atom stereocenters. The summed E-state index contributed by atoms with van der Waals surface area (Å²) in [5.74, 6) is -0.373. The van der Waals surface area contributed by atoms with Gasteiger partial charge in [-0.05, 0) is 36.6 Å². The Kier molecular flexibility index (Phi) is 10.2. The highest BCUT2D eigenvalue weighted by Crippen LogP contribution is 2.34. The smallest absolute Gasteiger partial charge is 0.303 e. The van der Waals surface area contributed by atoms with E-state index in [9.17, 15) is 14.7 Å². The molecule has 0 radical (unpaired) electrons. The average molecular weight is 452 g/mol. The Labute approximate surface area is 187 Å². The molecule has 0 saturated carbocycles. The van der Waals surface area contributed by atoms with Gasteiger partial charge in [-0.25, -0.2) is 0 Å². The number of phenolic OH excluding ortho intramolecular Hbond substituents is 1. The van der Waals surface area contributed by atoms with Gasteiger partial charge in [-0.15, -0.1) is 0 Å². The first kappa shape index (κ1) is 24.2. The molecule has 6 nitrogen and oxygen atoms in total. The molecule has 0 bridgehead atoms. The fourth-order valence-corrected chi connectivity index (χ4v) is 4.54. The van der Waals surface area contributed by atoms with Gasteiger partial charge in [0.25, 0.3) is 5.91 Å². The van der Waals surface area contributed by atoms with Crippen molar-refractivity contribution in [1.82, 2.24) is 4.90 Å². The maximum Gasteiger partial charge on any atom is 0.303 e. The molecule has 1 aromatic carbocycles. The zero-order chi connectivity index (χ0) is 21.9. The predicted molar refractivity (Wildman–Crippen MR) is 124 cm³/mol. The van der Waals surface area contributed by atoms with E-state index in [1.807, 2.05) is 0 Å². The van der Waals surface area contributed by atoms with E-state index in [4.69, 9.17) is 22.1 Å². The lowest BCUT2D eigenvalue weighted by Crippen LogP contribution is -2.29. The summed E-state index contributed by atoms with van der Waals surface area (Å²) in [5.41, 5.74) is 0.772. The lowest BCUT2D eigenvalue weighted by atomic mass is 10.1. The number of hydrogen-bond acceptors (Lipinski definition) is 6. The van der Waals surface area contributed by atoms with Gasteiger partial charge in [-0.1, -0.05) is 68.6 Å². The summed E-state index contributed by atoms with van der Waals surface area (Å²) in [7, 11) is 1.48. The number of ether oxygens (including phenoxy) is 1. The largest absolute Gasteiger partial charge is 0.504 e. The number of hydrogen-bond donors (Lipinski definition) is 2. The molecule has 1 aliphatic heterocycles. The highest BCUT2D eigenvalue weighted by molar-refractivity contribution is 8.26. The van der Waals surface area contributed by atoms with Crippen LogP contribution in [0.25, 0.3) is 6.08 Å². The fraction of sp³-hybridized carbons (Fsp3) is 0.500. The summed E-state index contributed by atoms with van der Waals surface area (Å²) >= 11 is 6.68. The Morgan fingerprint density at radius 1 is 1.13 bits per heavy atom. The molecule has 1 aliphatic rings. The first-order valence-corrected chi connectivity index (χ1v) is 11.5. The van der Waals surface area contributed by atoms with Gasteiger partial charge in [0.1, 0.15) is 4.32 Å². The van der Waals surface area contributed by atoms with Crippen LogP contribution in [0.1, 0.15) is 63.4 Å². The number of aliphatic carboxylic acids is 1. The molecule has 1 fully saturated rings. The minimum Gasteiger partial charge on any atom is -0.504 e. The number of carbonyl (C=O) groups excluding carboxylic acids is 1. The first-order chi connectivity index (χ1) is 14.4. The van der Waals surface area contributed by atoms with Crippen molar-refractivity contribution in [2.24, 2.45) is 0 Å². The summed E-state index contributed by atoms with van der Waals surface area (Å²) in [5, 5.41) is 18.3. The third-order valence-corrected chi connectivity index (χ3v) is 6.28. The van der Waals surface area contributed by atoms with E-state index >= 15 is 0 Å². The van der Waals surface area contributed by atoms with E-state index in [1.54, 1.807) is 23.1 Å². The Balaban J connectivity index is 1.71. The first-order valence-electron chi connectivity index (χ1n) is 10.3. The van der Waals surface area contributed by atoms with E-state index in [-0.39, 0.29) is 18.1 Å². The number of nitrogens with zero attached hydrogens (tertiary/aromatic N) is 1. The van der Waals surface area contributed by atoms with E-state index in [2.05, 4.69) is 0 Å². The number of carboxylic acid groups (broad SMARTS) is 1. The van der Waals surface area contributed by atoms with E-state index in [0.717, 1.165) is 56.9 Å². The number of aromatic hydroxyl groups is 1. The maximum absolute atomic E-state index is 12.7. The van der Waals surface area contributed by atoms with Crippen LogP contribution < -0.4 is 4.74 Å². The monoisotopic (exact) mass is 451 g/mol. The van der Waals surface area contributed by atoms with Crippen LogP contribution in [0.5, 0.6) is 11.5 Å². The minimum atomic E-state index is -0.719. The van der Waals surface area contributed by atoms with Crippen LogP contribution in [0.3, 0.4) is 0 Å². The topological polar surface area (TPSA) is 87.1 Å². The molecule has 30 heavy (non-hydrogen) atoms. The van der Waals surface area contributed by atoms with Gasteiger partial charge in [0.2, 0.25) is 0 Å². The number of benzene rings is 1. The predicted octanol–water partition coefficient (Wildman–Crippen LogP) is 5.20. The zero-order valence-electron chi connectivity index (χ0n) is 17.3. The van der Waals surface area contributed by atoms with Crippen molar-refractivity contribution in [2.45, 2.75) is 57.8 Å². The molecule has 0 spiro atoms. The van der Waals surface area contributed by atoms with Gasteiger partial charge >= 0.3 is 5.97 Å². The molecule has 164 valence electrons. The van der Waals surface area contributed by atoms with Crippen LogP contribution in [0.15, 0.2) is 23.1 Å². The number of thioether (sulfide) groups is 1. The van der Waals surface area contributed by atoms with Gasteiger partial charge in [-0.3, -0.25) is 14.5 Å². The molecule has 1 saturated heterocycles. The van der Waals surface area contributed by atoms with Crippen LogP contribution >= 0.6 is 24.0 Å². The van der Waals surface area contributed by atoms with Crippen molar-refractivity contribution in [3.05, 3.63) is 28.7 Å². The number of carboxylic acids is 1. The molecule has 2 rings (SSSR count). The Bertz CT molecular complexity index is 794. The number of phenols is 1. The Hall–Kier alpha value is -2.06. The number of amides is 1. The van der Waals surface area contributed by atoms with Gasteiger partial charge in [0.15, 0.2) is 11.5 Å². The highest BCUT2D eigenvalue weighted by Gasteiger charge is 2.31. The number of carbonyl (C=O) groups is 2. The van der Waals surface area contributed by atoms with Gasteiger partial charge in [0.05, 0.1) is 12.0 Å². The summed E-state index contributed by atoms with van der Waals surface area (Å²) in [6.45, 7) is 0.625. The Morgan fingerprint density at radius 2 is 1.77 bits per heavy atom. The van der Waals surface area contributed by atoms with Crippen molar-refractivity contribution in [1.29, 1.82) is 0 Å². The third-order valence-electron chi connectivity index (χ3n) is 4.90. The van der Waals surface area contributed by atoms with Crippen molar-refractivity contribution in [3.8, 4) is 11.5 Å². The second-order valence-corrected chi connectivity index (χ2v) is 8.91. The van der Waals surface area contributed by atoms with Crippen molar-refractivity contribution in [3.63, 3.8) is 0 Å². The van der Waals surface area contributed by atoms with Gasteiger partial charge < -0.3 is 14.9 Å². The number of methoxy groups -OCH3 is 1. The van der Waals surface area contributed by atoms with Crippen LogP contribution in [0.2, 0.25) is 0 Å². The van der Waals surface area contributed by atoms with Crippen molar-refractivity contribution in [2.75, 3.05) is 13.7 Å². The van der Waals surface area contributed by atoms with E-state index in [0.29, 0.717) is 21.5 Å². The van der Waals surface area contributed by atoms with Gasteiger partial charge in [-0.2, -0.15) is 0 Å². The summed E-state index contributed by atoms with van der Waals surface area (Å²) < 4.78 is 5.69. The van der Waals surface area contributed by atoms with Crippen LogP contribution in [-0.2, 0) is 9.59 Å². The normalized spacial score (nSPS) is 15.2. The SMILES string of the molecule is COc1cc(/C=C2\SC(=S)N(CCCCCCCCCCC(=O)O)C2=O)ccc1O. The molecule has 2 N–H and O–H groups in total. The fourth-order valence-electron chi connectivity index (χ4n) is 3.23. The number of rotatable bonds is 13. The lowest BCUT2D eigenvalue weighted by molar-refractivity contribution is -0.137. The molecule has 0 atom stereocenters. The second kappa shape index (κ2) is 12.6. The number of thiocarbonyl (C=S) groups is 1. The summed E-state index contributed by atoms with van der Waals surface area (Å²) in [4.78, 5) is 25.4. The standard InChI is InChI=1S/C22H29NO5S2/c1-28-18-14-16(11-12-17(18)24)15-19-21(27)23(22(29)30-19)13-9-7-5-3-2-4-6-8-10-20(25)26/h11-12,14-15,24H,2-10,13H2,1H3,(H,25,26)/b19-15-. The molecule has 0 aromatic heterocycles. The molecule has 8 heteroatoms. The highest BCUT2D eigenvalue weighted by atomic mass is 32.2. The van der Waals surface area contributed by atoms with Crippen molar-refractivity contribution < 1.29 is 24.5 Å². The quantitative estimate of drug-likeness (QED) is 0.242. The third kappa shape index (κ3) is 7.65. The van der Waals surface area contributed by atoms with Crippen molar-refractivity contribution >= 4 is 46.3 Å². The van der Waals surface area contributed by atoms with Crippen LogP contribution in [0, 0.1) is 0 Å². The summed E-state index contributed by atoms with van der Waals surface area (Å²) in [6, 6.07) is 4.95. The van der Waals surface area contributed by atoms with E-state index in [1.165, 1.54) is 24.9 Å². The number of unbranched alkanes of at least 4 members (excludes halogenated alkanes) is 7. The molecule has 1 amide bonds. The van der Waals surface area contributed by atoms with Crippen LogP contribution in [-0.4, -0.2) is 45.0 Å². The molecular weight excluding hydrogens is 422 g/mol. The maximum atomic E-state index is 12.7. The van der Waals surface area contributed by atoms with Crippen LogP contribution in [0.4, 0.5) is 0 Å². The Morgan fingerprint density at radius 3 is 2.40 bits per heavy atom. The molecular formula is C22H29NO5S2.